The van der Waals surface area contributed by atoms with E-state index in [1.54, 1.807) is 18.2 Å². The molecule has 0 spiro atoms. The second-order valence-corrected chi connectivity index (χ2v) is 5.70. The number of fused-ring (bicyclic) bond motifs is 1. The van der Waals surface area contributed by atoms with Crippen LogP contribution in [0.1, 0.15) is 25.7 Å². The van der Waals surface area contributed by atoms with Gasteiger partial charge in [0.05, 0.1) is 10.9 Å². The largest absolute Gasteiger partial charge is 0.399 e. The third-order valence-corrected chi connectivity index (χ3v) is 4.09. The van der Waals surface area contributed by atoms with Crippen LogP contribution >= 0.6 is 0 Å². The van der Waals surface area contributed by atoms with Crippen LogP contribution in [0.15, 0.2) is 23.0 Å². The van der Waals surface area contributed by atoms with Gasteiger partial charge in [-0.2, -0.15) is 0 Å². The van der Waals surface area contributed by atoms with Gasteiger partial charge in [0.15, 0.2) is 0 Å². The fourth-order valence-corrected chi connectivity index (χ4v) is 2.99. The number of benzene rings is 1. The lowest BCUT2D eigenvalue weighted by Gasteiger charge is -2.21. The highest BCUT2D eigenvalue weighted by Crippen LogP contribution is 2.26. The van der Waals surface area contributed by atoms with Gasteiger partial charge in [0.25, 0.3) is 5.56 Å². The van der Waals surface area contributed by atoms with E-state index in [1.807, 2.05) is 11.9 Å². The van der Waals surface area contributed by atoms with Crippen molar-refractivity contribution in [2.75, 3.05) is 24.2 Å². The highest BCUT2D eigenvalue weighted by molar-refractivity contribution is 5.81. The molecule has 1 aromatic heterocycles. The van der Waals surface area contributed by atoms with Gasteiger partial charge in [0.1, 0.15) is 0 Å². The number of anilines is 2. The first kappa shape index (κ1) is 13.0. The van der Waals surface area contributed by atoms with Crippen molar-refractivity contribution < 1.29 is 0 Å². The Kier molecular flexibility index (Phi) is 3.34. The summed E-state index contributed by atoms with van der Waals surface area (Å²) in [6.07, 6.45) is 5.19. The average molecular weight is 272 g/mol. The first-order valence-corrected chi connectivity index (χ1v) is 7.14. The third kappa shape index (κ3) is 2.48. The van der Waals surface area contributed by atoms with Crippen LogP contribution in [-0.4, -0.2) is 23.6 Å². The molecule has 5 heteroatoms. The van der Waals surface area contributed by atoms with Crippen molar-refractivity contribution in [1.29, 1.82) is 0 Å². The highest BCUT2D eigenvalue weighted by Gasteiger charge is 2.18. The van der Waals surface area contributed by atoms with E-state index in [1.165, 1.54) is 25.7 Å². The van der Waals surface area contributed by atoms with Gasteiger partial charge in [-0.1, -0.05) is 12.8 Å². The van der Waals surface area contributed by atoms with Crippen molar-refractivity contribution >= 4 is 22.5 Å². The quantitative estimate of drug-likeness (QED) is 0.839. The number of aromatic amines is 1. The van der Waals surface area contributed by atoms with Crippen molar-refractivity contribution in [3.05, 3.63) is 28.6 Å². The molecule has 1 fully saturated rings. The molecule has 5 nitrogen and oxygen atoms in total. The summed E-state index contributed by atoms with van der Waals surface area (Å²) >= 11 is 0. The number of hydrogen-bond donors (Lipinski definition) is 2. The van der Waals surface area contributed by atoms with E-state index >= 15 is 0 Å². The van der Waals surface area contributed by atoms with E-state index in [0.717, 1.165) is 6.54 Å². The Morgan fingerprint density at radius 1 is 1.40 bits per heavy atom. The molecule has 0 bridgehead atoms. The number of H-pyrrole nitrogens is 1. The van der Waals surface area contributed by atoms with Crippen molar-refractivity contribution in [3.63, 3.8) is 0 Å². The van der Waals surface area contributed by atoms with Gasteiger partial charge >= 0.3 is 0 Å². The molecule has 1 heterocycles. The molecule has 0 unspecified atom stereocenters. The number of hydrogen-bond acceptors (Lipinski definition) is 4. The SMILES string of the molecule is CN(CC1CCCC1)c1nc2ccc(N)cc2c(=O)[nH]1. The standard InChI is InChI=1S/C15H20N4O/c1-19(9-10-4-2-3-5-10)15-17-13-7-6-11(16)8-12(13)14(20)18-15/h6-8,10H,2-5,9,16H2,1H3,(H,17,18,20). The molecule has 1 aliphatic rings. The predicted molar refractivity (Wildman–Crippen MR) is 82.0 cm³/mol. The van der Waals surface area contributed by atoms with E-state index in [-0.39, 0.29) is 5.56 Å². The fourth-order valence-electron chi connectivity index (χ4n) is 2.99. The smallest absolute Gasteiger partial charge is 0.260 e. The van der Waals surface area contributed by atoms with Gasteiger partial charge in [-0.3, -0.25) is 9.78 Å². The molecular weight excluding hydrogens is 252 g/mol. The van der Waals surface area contributed by atoms with Crippen LogP contribution in [0.25, 0.3) is 10.9 Å². The summed E-state index contributed by atoms with van der Waals surface area (Å²) in [5.74, 6) is 1.35. The molecule has 0 aliphatic heterocycles. The van der Waals surface area contributed by atoms with Crippen molar-refractivity contribution in [2.24, 2.45) is 5.92 Å². The highest BCUT2D eigenvalue weighted by atomic mass is 16.1. The van der Waals surface area contributed by atoms with Crippen LogP contribution in [0.3, 0.4) is 0 Å². The summed E-state index contributed by atoms with van der Waals surface area (Å²) < 4.78 is 0. The molecule has 0 radical (unpaired) electrons. The van der Waals surface area contributed by atoms with Gasteiger partial charge in [0.2, 0.25) is 5.95 Å². The maximum atomic E-state index is 12.1. The van der Waals surface area contributed by atoms with Crippen molar-refractivity contribution in [2.45, 2.75) is 25.7 Å². The molecule has 1 aromatic carbocycles. The van der Waals surface area contributed by atoms with E-state index in [9.17, 15) is 4.79 Å². The van der Waals surface area contributed by atoms with E-state index in [4.69, 9.17) is 5.73 Å². The van der Waals surface area contributed by atoms with Crippen LogP contribution < -0.4 is 16.2 Å². The van der Waals surface area contributed by atoms with Crippen LogP contribution in [0.4, 0.5) is 11.6 Å². The topological polar surface area (TPSA) is 75.0 Å². The Hall–Kier alpha value is -2.04. The Labute approximate surface area is 117 Å². The van der Waals surface area contributed by atoms with Crippen LogP contribution in [0, 0.1) is 5.92 Å². The molecule has 0 atom stereocenters. The lowest BCUT2D eigenvalue weighted by molar-refractivity contribution is 0.542. The maximum absolute atomic E-state index is 12.1. The fraction of sp³-hybridized carbons (Fsp3) is 0.467. The molecular formula is C15H20N4O. The lowest BCUT2D eigenvalue weighted by Crippen LogP contribution is -2.28. The normalized spacial score (nSPS) is 15.8. The lowest BCUT2D eigenvalue weighted by atomic mass is 10.1. The van der Waals surface area contributed by atoms with Gasteiger partial charge < -0.3 is 10.6 Å². The molecule has 3 N–H and O–H groups in total. The summed E-state index contributed by atoms with van der Waals surface area (Å²) in [6.45, 7) is 0.948. The van der Waals surface area contributed by atoms with Gasteiger partial charge in [-0.15, -0.1) is 0 Å². The number of nitrogen functional groups attached to an aromatic ring is 1. The van der Waals surface area contributed by atoms with Crippen LogP contribution in [-0.2, 0) is 0 Å². The minimum absolute atomic E-state index is 0.129. The summed E-state index contributed by atoms with van der Waals surface area (Å²) in [5, 5.41) is 0.544. The second-order valence-electron chi connectivity index (χ2n) is 5.70. The predicted octanol–water partition coefficient (Wildman–Crippen LogP) is 2.13. The molecule has 2 aromatic rings. The number of rotatable bonds is 3. The van der Waals surface area contributed by atoms with Crippen LogP contribution in [0.2, 0.25) is 0 Å². The Balaban J connectivity index is 1.91. The maximum Gasteiger partial charge on any atom is 0.260 e. The Morgan fingerprint density at radius 2 is 2.15 bits per heavy atom. The molecule has 20 heavy (non-hydrogen) atoms. The summed E-state index contributed by atoms with van der Waals surface area (Å²) in [5.41, 5.74) is 6.85. The average Bonchev–Trinajstić information content (AvgIpc) is 2.92. The minimum atomic E-state index is -0.129. The number of nitrogens with zero attached hydrogens (tertiary/aromatic N) is 2. The Morgan fingerprint density at radius 3 is 2.90 bits per heavy atom. The molecule has 3 rings (SSSR count). The van der Waals surface area contributed by atoms with E-state index < -0.39 is 0 Å². The van der Waals surface area contributed by atoms with Gasteiger partial charge in [-0.05, 0) is 37.0 Å². The van der Waals surface area contributed by atoms with Gasteiger partial charge in [-0.25, -0.2) is 4.98 Å². The zero-order chi connectivity index (χ0) is 14.1. The zero-order valence-corrected chi connectivity index (χ0v) is 11.7. The molecule has 106 valence electrons. The minimum Gasteiger partial charge on any atom is -0.399 e. The number of aromatic nitrogens is 2. The molecule has 1 aliphatic carbocycles. The number of nitrogens with one attached hydrogen (secondary N) is 1. The Bertz CT molecular complexity index is 673. The van der Waals surface area contributed by atoms with E-state index in [0.29, 0.717) is 28.5 Å². The first-order chi connectivity index (χ1) is 9.63. The van der Waals surface area contributed by atoms with Crippen LogP contribution in [0.5, 0.6) is 0 Å². The summed E-state index contributed by atoms with van der Waals surface area (Å²) in [7, 11) is 1.99. The number of nitrogens with two attached hydrogens (primary N) is 1. The van der Waals surface area contributed by atoms with Crippen molar-refractivity contribution in [1.82, 2.24) is 9.97 Å². The third-order valence-electron chi connectivity index (χ3n) is 4.09. The first-order valence-electron chi connectivity index (χ1n) is 7.14. The monoisotopic (exact) mass is 272 g/mol. The molecule has 1 saturated carbocycles. The summed E-state index contributed by atoms with van der Waals surface area (Å²) in [6, 6.07) is 5.24. The summed E-state index contributed by atoms with van der Waals surface area (Å²) in [4.78, 5) is 21.6. The van der Waals surface area contributed by atoms with Crippen molar-refractivity contribution in [3.8, 4) is 0 Å². The molecule has 0 saturated heterocycles. The van der Waals surface area contributed by atoms with E-state index in [2.05, 4.69) is 9.97 Å². The molecule has 0 amide bonds. The van der Waals surface area contributed by atoms with Gasteiger partial charge in [0, 0.05) is 19.3 Å². The second kappa shape index (κ2) is 5.15. The zero-order valence-electron chi connectivity index (χ0n) is 11.7.